The molecule has 2 aromatic heterocycles. The summed E-state index contributed by atoms with van der Waals surface area (Å²) in [7, 11) is 0. The number of furan rings is 1. The average Bonchev–Trinajstić information content (AvgIpc) is 3.12. The van der Waals surface area contributed by atoms with Crippen LogP contribution in [0.3, 0.4) is 0 Å². The maximum absolute atomic E-state index is 12.4. The van der Waals surface area contributed by atoms with Gasteiger partial charge in [0.25, 0.3) is 5.91 Å². The highest BCUT2D eigenvalue weighted by atomic mass is 32.1. The molecule has 1 amide bonds. The number of carbonyl (C=O) groups excluding carboxylic acids is 1. The fourth-order valence-corrected chi connectivity index (χ4v) is 2.59. The molecule has 0 saturated heterocycles. The summed E-state index contributed by atoms with van der Waals surface area (Å²) in [6.45, 7) is 2.83. The van der Waals surface area contributed by atoms with Crippen LogP contribution in [0.5, 0.6) is 0 Å². The van der Waals surface area contributed by atoms with Gasteiger partial charge in [-0.1, -0.05) is 18.2 Å². The SMILES string of the molecule is CCOCc1c(C(=O)Nc2nccs2)oc2ccccc12. The minimum Gasteiger partial charge on any atom is -0.451 e. The van der Waals surface area contributed by atoms with Gasteiger partial charge in [-0.3, -0.25) is 10.1 Å². The summed E-state index contributed by atoms with van der Waals surface area (Å²) in [5, 5.41) is 5.98. The zero-order valence-electron chi connectivity index (χ0n) is 11.5. The largest absolute Gasteiger partial charge is 0.451 e. The number of nitrogens with zero attached hydrogens (tertiary/aromatic N) is 1. The van der Waals surface area contributed by atoms with Gasteiger partial charge in [-0.2, -0.15) is 0 Å². The fraction of sp³-hybridized carbons (Fsp3) is 0.200. The molecule has 0 radical (unpaired) electrons. The monoisotopic (exact) mass is 302 g/mol. The predicted molar refractivity (Wildman–Crippen MR) is 81.6 cm³/mol. The Bertz CT molecular complexity index is 749. The molecule has 0 unspecified atom stereocenters. The Morgan fingerprint density at radius 3 is 3.05 bits per heavy atom. The standard InChI is InChI=1S/C15H14N2O3S/c1-2-19-9-11-10-5-3-4-6-12(10)20-13(11)14(18)17-15-16-7-8-21-15/h3-8H,2,9H2,1H3,(H,16,17,18). The topological polar surface area (TPSA) is 64.4 Å². The smallest absolute Gasteiger partial charge is 0.293 e. The van der Waals surface area contributed by atoms with Gasteiger partial charge in [-0.05, 0) is 13.0 Å². The third-order valence-corrected chi connectivity index (χ3v) is 3.70. The van der Waals surface area contributed by atoms with Crippen LogP contribution in [-0.2, 0) is 11.3 Å². The van der Waals surface area contributed by atoms with Crippen molar-refractivity contribution in [1.82, 2.24) is 4.98 Å². The second kappa shape index (κ2) is 6.07. The summed E-state index contributed by atoms with van der Waals surface area (Å²) in [5.41, 5.74) is 1.44. The number of fused-ring (bicyclic) bond motifs is 1. The van der Waals surface area contributed by atoms with Gasteiger partial charge in [0, 0.05) is 29.1 Å². The maximum Gasteiger partial charge on any atom is 0.293 e. The zero-order valence-corrected chi connectivity index (χ0v) is 12.3. The predicted octanol–water partition coefficient (Wildman–Crippen LogP) is 3.68. The van der Waals surface area contributed by atoms with Crippen molar-refractivity contribution < 1.29 is 13.9 Å². The Kier molecular flexibility index (Phi) is 3.98. The molecular formula is C15H14N2O3S. The first kappa shape index (κ1) is 13.8. The Morgan fingerprint density at radius 1 is 1.43 bits per heavy atom. The van der Waals surface area contributed by atoms with E-state index in [1.54, 1.807) is 11.6 Å². The van der Waals surface area contributed by atoms with Crippen molar-refractivity contribution in [3.63, 3.8) is 0 Å². The van der Waals surface area contributed by atoms with Gasteiger partial charge in [0.1, 0.15) is 5.58 Å². The summed E-state index contributed by atoms with van der Waals surface area (Å²) in [6.07, 6.45) is 1.64. The quantitative estimate of drug-likeness (QED) is 0.781. The number of thiazole rings is 1. The summed E-state index contributed by atoms with van der Waals surface area (Å²) in [5.74, 6) is -0.0318. The fourth-order valence-electron chi connectivity index (χ4n) is 2.07. The van der Waals surface area contributed by atoms with Crippen molar-refractivity contribution in [2.45, 2.75) is 13.5 Å². The van der Waals surface area contributed by atoms with Crippen LogP contribution in [-0.4, -0.2) is 17.5 Å². The number of aromatic nitrogens is 1. The van der Waals surface area contributed by atoms with E-state index in [9.17, 15) is 4.79 Å². The molecule has 108 valence electrons. The highest BCUT2D eigenvalue weighted by molar-refractivity contribution is 7.13. The number of benzene rings is 1. The van der Waals surface area contributed by atoms with E-state index in [-0.39, 0.29) is 11.7 Å². The second-order valence-corrected chi connectivity index (χ2v) is 5.23. The van der Waals surface area contributed by atoms with Crippen LogP contribution in [0.2, 0.25) is 0 Å². The highest BCUT2D eigenvalue weighted by Crippen LogP contribution is 2.27. The Morgan fingerprint density at radius 2 is 2.29 bits per heavy atom. The van der Waals surface area contributed by atoms with Crippen LogP contribution >= 0.6 is 11.3 Å². The molecule has 3 aromatic rings. The van der Waals surface area contributed by atoms with E-state index in [0.29, 0.717) is 23.9 Å². The molecular weight excluding hydrogens is 288 g/mol. The molecule has 6 heteroatoms. The molecule has 0 fully saturated rings. The first-order valence-corrected chi connectivity index (χ1v) is 7.46. The van der Waals surface area contributed by atoms with Crippen molar-refractivity contribution in [3.8, 4) is 0 Å². The third kappa shape index (κ3) is 2.81. The molecule has 0 aliphatic carbocycles. The number of amides is 1. The lowest BCUT2D eigenvalue weighted by atomic mass is 10.1. The Balaban J connectivity index is 1.97. The molecule has 2 heterocycles. The van der Waals surface area contributed by atoms with Crippen LogP contribution in [0.4, 0.5) is 5.13 Å². The van der Waals surface area contributed by atoms with Gasteiger partial charge in [0.05, 0.1) is 6.61 Å². The first-order valence-electron chi connectivity index (χ1n) is 6.58. The van der Waals surface area contributed by atoms with E-state index < -0.39 is 0 Å². The van der Waals surface area contributed by atoms with Crippen LogP contribution in [0.25, 0.3) is 11.0 Å². The lowest BCUT2D eigenvalue weighted by molar-refractivity contribution is 0.0984. The van der Waals surface area contributed by atoms with E-state index in [4.69, 9.17) is 9.15 Å². The van der Waals surface area contributed by atoms with Crippen molar-refractivity contribution in [2.75, 3.05) is 11.9 Å². The number of carbonyl (C=O) groups is 1. The third-order valence-electron chi connectivity index (χ3n) is 3.01. The van der Waals surface area contributed by atoms with Gasteiger partial charge >= 0.3 is 0 Å². The second-order valence-electron chi connectivity index (χ2n) is 4.33. The van der Waals surface area contributed by atoms with E-state index in [0.717, 1.165) is 10.9 Å². The summed E-state index contributed by atoms with van der Waals surface area (Å²) >= 11 is 1.36. The molecule has 0 spiro atoms. The van der Waals surface area contributed by atoms with Crippen molar-refractivity contribution in [2.24, 2.45) is 0 Å². The number of anilines is 1. The zero-order chi connectivity index (χ0) is 14.7. The molecule has 1 aromatic carbocycles. The van der Waals surface area contributed by atoms with E-state index in [1.165, 1.54) is 11.3 Å². The molecule has 3 rings (SSSR count). The van der Waals surface area contributed by atoms with Gasteiger partial charge in [-0.15, -0.1) is 11.3 Å². The molecule has 5 nitrogen and oxygen atoms in total. The summed E-state index contributed by atoms with van der Waals surface area (Å²) in [4.78, 5) is 16.4. The molecule has 21 heavy (non-hydrogen) atoms. The number of ether oxygens (including phenoxy) is 1. The van der Waals surface area contributed by atoms with Crippen LogP contribution in [0.15, 0.2) is 40.3 Å². The minimum absolute atomic E-state index is 0.278. The van der Waals surface area contributed by atoms with E-state index in [2.05, 4.69) is 10.3 Å². The van der Waals surface area contributed by atoms with Crippen LogP contribution in [0.1, 0.15) is 23.0 Å². The maximum atomic E-state index is 12.4. The molecule has 0 saturated carbocycles. The number of rotatable bonds is 5. The van der Waals surface area contributed by atoms with Crippen LogP contribution in [0, 0.1) is 0 Å². The van der Waals surface area contributed by atoms with Crippen LogP contribution < -0.4 is 5.32 Å². The van der Waals surface area contributed by atoms with Crippen molar-refractivity contribution in [3.05, 3.63) is 47.2 Å². The molecule has 0 bridgehead atoms. The molecule has 0 aliphatic heterocycles. The van der Waals surface area contributed by atoms with Gasteiger partial charge in [0.2, 0.25) is 0 Å². The molecule has 0 aliphatic rings. The lowest BCUT2D eigenvalue weighted by Crippen LogP contribution is -2.13. The summed E-state index contributed by atoms with van der Waals surface area (Å²) in [6, 6.07) is 7.55. The first-order chi connectivity index (χ1) is 10.3. The van der Waals surface area contributed by atoms with E-state index in [1.807, 2.05) is 31.2 Å². The Labute approximate surface area is 125 Å². The average molecular weight is 302 g/mol. The normalized spacial score (nSPS) is 10.9. The van der Waals surface area contributed by atoms with Crippen molar-refractivity contribution >= 4 is 33.3 Å². The Hall–Kier alpha value is -2.18. The van der Waals surface area contributed by atoms with Gasteiger partial charge in [-0.25, -0.2) is 4.98 Å². The van der Waals surface area contributed by atoms with Crippen molar-refractivity contribution in [1.29, 1.82) is 0 Å². The molecule has 1 N–H and O–H groups in total. The number of hydrogen-bond acceptors (Lipinski definition) is 5. The lowest BCUT2D eigenvalue weighted by Gasteiger charge is -2.03. The molecule has 0 atom stereocenters. The number of hydrogen-bond donors (Lipinski definition) is 1. The number of para-hydroxylation sites is 1. The van der Waals surface area contributed by atoms with Gasteiger partial charge < -0.3 is 9.15 Å². The van der Waals surface area contributed by atoms with Gasteiger partial charge in [0.15, 0.2) is 10.9 Å². The summed E-state index contributed by atoms with van der Waals surface area (Å²) < 4.78 is 11.2. The van der Waals surface area contributed by atoms with E-state index >= 15 is 0 Å². The highest BCUT2D eigenvalue weighted by Gasteiger charge is 2.21. The number of nitrogens with one attached hydrogen (secondary N) is 1. The minimum atomic E-state index is -0.309.